The Hall–Kier alpha value is -1.87. The van der Waals surface area contributed by atoms with Crippen molar-refractivity contribution in [2.75, 3.05) is 11.9 Å². The van der Waals surface area contributed by atoms with Gasteiger partial charge in [-0.2, -0.15) is 0 Å². The largest absolute Gasteiger partial charge is 0.382 e. The number of carbonyl (C=O) groups is 1. The molecule has 1 N–H and O–H groups in total. The standard InChI is InChI=1S/C15H13ClFNO/c16-13-7-6-12(10-19)15(14(13)17)18-9-8-11-4-2-1-3-5-11/h1-7,10,18H,8-9H2. The van der Waals surface area contributed by atoms with E-state index in [2.05, 4.69) is 5.32 Å². The molecule has 98 valence electrons. The van der Waals surface area contributed by atoms with Crippen LogP contribution in [0.1, 0.15) is 15.9 Å². The lowest BCUT2D eigenvalue weighted by Gasteiger charge is -2.11. The summed E-state index contributed by atoms with van der Waals surface area (Å²) in [4.78, 5) is 10.9. The molecule has 0 bridgehead atoms. The van der Waals surface area contributed by atoms with Crippen LogP contribution in [0.25, 0.3) is 0 Å². The van der Waals surface area contributed by atoms with Crippen LogP contribution in [0.2, 0.25) is 5.02 Å². The van der Waals surface area contributed by atoms with Crippen molar-refractivity contribution in [2.45, 2.75) is 6.42 Å². The van der Waals surface area contributed by atoms with Crippen molar-refractivity contribution < 1.29 is 9.18 Å². The number of hydrogen-bond acceptors (Lipinski definition) is 2. The quantitative estimate of drug-likeness (QED) is 0.839. The fourth-order valence-electron chi connectivity index (χ4n) is 1.82. The Labute approximate surface area is 116 Å². The van der Waals surface area contributed by atoms with E-state index in [1.54, 1.807) is 0 Å². The van der Waals surface area contributed by atoms with Gasteiger partial charge in [-0.15, -0.1) is 0 Å². The van der Waals surface area contributed by atoms with E-state index >= 15 is 0 Å². The number of anilines is 1. The molecule has 0 aliphatic carbocycles. The van der Waals surface area contributed by atoms with E-state index in [0.717, 1.165) is 12.0 Å². The topological polar surface area (TPSA) is 29.1 Å². The zero-order chi connectivity index (χ0) is 13.7. The van der Waals surface area contributed by atoms with E-state index in [0.29, 0.717) is 12.8 Å². The van der Waals surface area contributed by atoms with Crippen molar-refractivity contribution in [3.63, 3.8) is 0 Å². The van der Waals surface area contributed by atoms with Crippen LogP contribution in [0.5, 0.6) is 0 Å². The van der Waals surface area contributed by atoms with Crippen LogP contribution in [0.4, 0.5) is 10.1 Å². The summed E-state index contributed by atoms with van der Waals surface area (Å²) in [6.07, 6.45) is 1.36. The van der Waals surface area contributed by atoms with Gasteiger partial charge in [0.2, 0.25) is 0 Å². The molecular formula is C15H13ClFNO. The molecule has 0 atom stereocenters. The lowest BCUT2D eigenvalue weighted by Crippen LogP contribution is -2.08. The van der Waals surface area contributed by atoms with E-state index in [-0.39, 0.29) is 16.3 Å². The normalized spacial score (nSPS) is 10.2. The van der Waals surface area contributed by atoms with Crippen molar-refractivity contribution in [1.82, 2.24) is 0 Å². The molecule has 0 saturated heterocycles. The van der Waals surface area contributed by atoms with Crippen molar-refractivity contribution >= 4 is 23.6 Å². The Morgan fingerprint density at radius 2 is 1.89 bits per heavy atom. The number of hydrogen-bond donors (Lipinski definition) is 1. The predicted octanol–water partition coefficient (Wildman–Crippen LogP) is 3.95. The minimum atomic E-state index is -0.584. The SMILES string of the molecule is O=Cc1ccc(Cl)c(F)c1NCCc1ccccc1. The van der Waals surface area contributed by atoms with E-state index in [9.17, 15) is 9.18 Å². The highest BCUT2D eigenvalue weighted by Gasteiger charge is 2.11. The van der Waals surface area contributed by atoms with Crippen LogP contribution in [0, 0.1) is 5.82 Å². The molecule has 4 heteroatoms. The molecule has 0 aliphatic heterocycles. The Morgan fingerprint density at radius 3 is 2.58 bits per heavy atom. The minimum Gasteiger partial charge on any atom is -0.382 e. The van der Waals surface area contributed by atoms with Crippen LogP contribution in [-0.4, -0.2) is 12.8 Å². The summed E-state index contributed by atoms with van der Waals surface area (Å²) in [5, 5.41) is 2.94. The molecule has 0 saturated carbocycles. The van der Waals surface area contributed by atoms with Gasteiger partial charge in [0.15, 0.2) is 12.1 Å². The van der Waals surface area contributed by atoms with Gasteiger partial charge in [0, 0.05) is 12.1 Å². The van der Waals surface area contributed by atoms with Crippen LogP contribution in [0.15, 0.2) is 42.5 Å². The molecule has 0 unspecified atom stereocenters. The van der Waals surface area contributed by atoms with Gasteiger partial charge >= 0.3 is 0 Å². The summed E-state index contributed by atoms with van der Waals surface area (Å²) in [5.74, 6) is -0.584. The van der Waals surface area contributed by atoms with Gasteiger partial charge in [-0.1, -0.05) is 41.9 Å². The van der Waals surface area contributed by atoms with Crippen molar-refractivity contribution in [3.05, 3.63) is 64.4 Å². The second kappa shape index (κ2) is 6.34. The molecule has 0 heterocycles. The van der Waals surface area contributed by atoms with E-state index < -0.39 is 5.82 Å². The first kappa shape index (κ1) is 13.6. The first-order chi connectivity index (χ1) is 9.22. The van der Waals surface area contributed by atoms with E-state index in [1.807, 2.05) is 30.3 Å². The average Bonchev–Trinajstić information content (AvgIpc) is 2.45. The molecule has 2 rings (SSSR count). The maximum atomic E-state index is 13.8. The zero-order valence-corrected chi connectivity index (χ0v) is 11.0. The first-order valence-corrected chi connectivity index (χ1v) is 6.31. The molecular weight excluding hydrogens is 265 g/mol. The highest BCUT2D eigenvalue weighted by Crippen LogP contribution is 2.25. The molecule has 2 aromatic carbocycles. The summed E-state index contributed by atoms with van der Waals surface area (Å²) in [7, 11) is 0. The summed E-state index contributed by atoms with van der Waals surface area (Å²) in [5.41, 5.74) is 1.58. The summed E-state index contributed by atoms with van der Waals surface area (Å²) < 4.78 is 13.8. The Balaban J connectivity index is 2.07. The average molecular weight is 278 g/mol. The smallest absolute Gasteiger partial charge is 0.165 e. The molecule has 19 heavy (non-hydrogen) atoms. The number of aldehydes is 1. The Bertz CT molecular complexity index is 572. The third-order valence-corrected chi connectivity index (χ3v) is 3.10. The summed E-state index contributed by atoms with van der Waals surface area (Å²) in [6.45, 7) is 0.530. The highest BCUT2D eigenvalue weighted by atomic mass is 35.5. The monoisotopic (exact) mass is 277 g/mol. The number of halogens is 2. The molecule has 0 spiro atoms. The first-order valence-electron chi connectivity index (χ1n) is 5.93. The minimum absolute atomic E-state index is 0.00723. The lowest BCUT2D eigenvalue weighted by atomic mass is 10.1. The molecule has 2 aromatic rings. The second-order valence-electron chi connectivity index (χ2n) is 4.11. The van der Waals surface area contributed by atoms with Crippen molar-refractivity contribution in [2.24, 2.45) is 0 Å². The third-order valence-electron chi connectivity index (χ3n) is 2.81. The summed E-state index contributed by atoms with van der Waals surface area (Å²) in [6, 6.07) is 12.7. The number of benzene rings is 2. The molecule has 0 fully saturated rings. The molecule has 2 nitrogen and oxygen atoms in total. The maximum absolute atomic E-state index is 13.8. The van der Waals surface area contributed by atoms with Gasteiger partial charge in [-0.3, -0.25) is 4.79 Å². The van der Waals surface area contributed by atoms with Crippen LogP contribution < -0.4 is 5.32 Å². The van der Waals surface area contributed by atoms with Gasteiger partial charge in [0.1, 0.15) is 0 Å². The zero-order valence-electron chi connectivity index (χ0n) is 10.2. The van der Waals surface area contributed by atoms with Gasteiger partial charge in [-0.25, -0.2) is 4.39 Å². The van der Waals surface area contributed by atoms with Crippen LogP contribution in [-0.2, 0) is 6.42 Å². The fourth-order valence-corrected chi connectivity index (χ4v) is 1.98. The number of nitrogens with one attached hydrogen (secondary N) is 1. The van der Waals surface area contributed by atoms with Gasteiger partial charge in [-0.05, 0) is 24.1 Å². The van der Waals surface area contributed by atoms with Crippen LogP contribution in [0.3, 0.4) is 0 Å². The van der Waals surface area contributed by atoms with Gasteiger partial charge < -0.3 is 5.32 Å². The lowest BCUT2D eigenvalue weighted by molar-refractivity contribution is 0.112. The maximum Gasteiger partial charge on any atom is 0.165 e. The number of carbonyl (C=O) groups excluding carboxylic acids is 1. The molecule has 0 aromatic heterocycles. The van der Waals surface area contributed by atoms with Crippen molar-refractivity contribution in [3.8, 4) is 0 Å². The van der Waals surface area contributed by atoms with E-state index in [4.69, 9.17) is 11.6 Å². The van der Waals surface area contributed by atoms with Gasteiger partial charge in [0.05, 0.1) is 10.7 Å². The fraction of sp³-hybridized carbons (Fsp3) is 0.133. The van der Waals surface area contributed by atoms with Crippen LogP contribution >= 0.6 is 11.6 Å². The molecule has 0 radical (unpaired) electrons. The second-order valence-corrected chi connectivity index (χ2v) is 4.51. The Kier molecular flexibility index (Phi) is 4.53. The van der Waals surface area contributed by atoms with E-state index in [1.165, 1.54) is 12.1 Å². The van der Waals surface area contributed by atoms with Crippen molar-refractivity contribution in [1.29, 1.82) is 0 Å². The highest BCUT2D eigenvalue weighted by molar-refractivity contribution is 6.31. The third kappa shape index (κ3) is 3.32. The molecule has 0 amide bonds. The summed E-state index contributed by atoms with van der Waals surface area (Å²) >= 11 is 5.71. The molecule has 0 aliphatic rings. The predicted molar refractivity (Wildman–Crippen MR) is 75.4 cm³/mol. The number of rotatable bonds is 5. The Morgan fingerprint density at radius 1 is 1.16 bits per heavy atom. The van der Waals surface area contributed by atoms with Gasteiger partial charge in [0.25, 0.3) is 0 Å².